The monoisotopic (exact) mass is 265 g/mol. The number of carbonyl (C=O) groups is 2. The Labute approximate surface area is 111 Å². The lowest BCUT2D eigenvalue weighted by Gasteiger charge is -2.25. The molecular weight excluding hydrogens is 246 g/mol. The van der Waals surface area contributed by atoms with E-state index in [2.05, 4.69) is 10.4 Å². The van der Waals surface area contributed by atoms with Crippen molar-refractivity contribution in [1.29, 1.82) is 0 Å². The van der Waals surface area contributed by atoms with Gasteiger partial charge in [0.25, 0.3) is 5.91 Å². The zero-order chi connectivity index (χ0) is 14.0. The Balaban J connectivity index is 2.20. The van der Waals surface area contributed by atoms with Crippen molar-refractivity contribution >= 4 is 11.9 Å². The Bertz CT molecular complexity index is 501. The molecule has 2 N–H and O–H groups in total. The third-order valence-corrected chi connectivity index (χ3v) is 3.74. The van der Waals surface area contributed by atoms with Gasteiger partial charge >= 0.3 is 5.97 Å². The van der Waals surface area contributed by atoms with Crippen LogP contribution in [0.4, 0.5) is 0 Å². The van der Waals surface area contributed by atoms with E-state index in [1.165, 1.54) is 4.68 Å². The maximum atomic E-state index is 12.2. The number of nitrogens with zero attached hydrogens (tertiary/aromatic N) is 2. The van der Waals surface area contributed by atoms with E-state index in [0.717, 1.165) is 25.0 Å². The largest absolute Gasteiger partial charge is 0.480 e. The van der Waals surface area contributed by atoms with Gasteiger partial charge in [-0.15, -0.1) is 0 Å². The lowest BCUT2D eigenvalue weighted by Crippen LogP contribution is -2.52. The van der Waals surface area contributed by atoms with E-state index in [9.17, 15) is 14.7 Å². The molecule has 0 saturated heterocycles. The van der Waals surface area contributed by atoms with E-state index in [1.54, 1.807) is 13.1 Å². The third-order valence-electron chi connectivity index (χ3n) is 3.74. The number of rotatable bonds is 4. The van der Waals surface area contributed by atoms with Crippen LogP contribution in [0.3, 0.4) is 0 Å². The van der Waals surface area contributed by atoms with Crippen LogP contribution in [0, 0.1) is 0 Å². The van der Waals surface area contributed by atoms with Gasteiger partial charge in [0.2, 0.25) is 0 Å². The van der Waals surface area contributed by atoms with Crippen molar-refractivity contribution in [3.8, 4) is 0 Å². The highest BCUT2D eigenvalue weighted by atomic mass is 16.4. The van der Waals surface area contributed by atoms with Crippen molar-refractivity contribution < 1.29 is 14.7 Å². The summed E-state index contributed by atoms with van der Waals surface area (Å²) in [6.45, 7) is 1.96. The van der Waals surface area contributed by atoms with Gasteiger partial charge in [-0.05, 0) is 25.3 Å². The first-order chi connectivity index (χ1) is 8.98. The van der Waals surface area contributed by atoms with Crippen molar-refractivity contribution in [3.63, 3.8) is 0 Å². The molecular formula is C13H19N3O3. The Morgan fingerprint density at radius 2 is 2.11 bits per heavy atom. The second-order valence-corrected chi connectivity index (χ2v) is 5.05. The lowest BCUT2D eigenvalue weighted by molar-refractivity contribution is -0.144. The summed E-state index contributed by atoms with van der Waals surface area (Å²) in [4.78, 5) is 23.6. The zero-order valence-corrected chi connectivity index (χ0v) is 11.3. The summed E-state index contributed by atoms with van der Waals surface area (Å²) >= 11 is 0. The minimum atomic E-state index is -1.10. The first-order valence-electron chi connectivity index (χ1n) is 6.57. The van der Waals surface area contributed by atoms with Crippen molar-refractivity contribution in [2.75, 3.05) is 0 Å². The van der Waals surface area contributed by atoms with Gasteiger partial charge in [-0.1, -0.05) is 19.8 Å². The Morgan fingerprint density at radius 3 is 2.58 bits per heavy atom. The molecule has 1 amide bonds. The molecule has 1 aromatic rings. The first-order valence-corrected chi connectivity index (χ1v) is 6.57. The number of carboxylic acids is 1. The van der Waals surface area contributed by atoms with Gasteiger partial charge in [0, 0.05) is 7.05 Å². The summed E-state index contributed by atoms with van der Waals surface area (Å²) in [5, 5.41) is 16.2. The molecule has 0 aliphatic heterocycles. The molecule has 6 heteroatoms. The van der Waals surface area contributed by atoms with Crippen LogP contribution in [0.15, 0.2) is 6.07 Å². The molecule has 1 fully saturated rings. The molecule has 0 spiro atoms. The quantitative estimate of drug-likeness (QED) is 0.854. The van der Waals surface area contributed by atoms with E-state index in [0.29, 0.717) is 18.5 Å². The standard InChI is InChI=1S/C13H19N3O3/c1-3-9-8-10(16(2)15-9)11(17)14-13(12(18)19)6-4-5-7-13/h8H,3-7H2,1-2H3,(H,14,17)(H,18,19). The summed E-state index contributed by atoms with van der Waals surface area (Å²) in [5.41, 5.74) is 0.126. The van der Waals surface area contributed by atoms with Crippen LogP contribution >= 0.6 is 0 Å². The predicted molar refractivity (Wildman–Crippen MR) is 68.9 cm³/mol. The second kappa shape index (κ2) is 5.03. The Morgan fingerprint density at radius 1 is 1.47 bits per heavy atom. The molecule has 0 atom stereocenters. The highest BCUT2D eigenvalue weighted by Gasteiger charge is 2.43. The molecule has 1 aliphatic carbocycles. The van der Waals surface area contributed by atoms with Crippen molar-refractivity contribution in [1.82, 2.24) is 15.1 Å². The average Bonchev–Trinajstić information content (AvgIpc) is 2.96. The van der Waals surface area contributed by atoms with E-state index >= 15 is 0 Å². The Kier molecular flexibility index (Phi) is 3.59. The van der Waals surface area contributed by atoms with Crippen LogP contribution in [-0.4, -0.2) is 32.3 Å². The molecule has 0 bridgehead atoms. The molecule has 19 heavy (non-hydrogen) atoms. The highest BCUT2D eigenvalue weighted by molar-refractivity contribution is 5.96. The maximum absolute atomic E-state index is 12.2. The molecule has 0 unspecified atom stereocenters. The van der Waals surface area contributed by atoms with Gasteiger partial charge in [0.05, 0.1) is 5.69 Å². The van der Waals surface area contributed by atoms with Crippen molar-refractivity contribution in [2.24, 2.45) is 7.05 Å². The van der Waals surface area contributed by atoms with Gasteiger partial charge in [0.1, 0.15) is 11.2 Å². The van der Waals surface area contributed by atoms with Crippen molar-refractivity contribution in [3.05, 3.63) is 17.5 Å². The number of aliphatic carboxylic acids is 1. The average molecular weight is 265 g/mol. The van der Waals surface area contributed by atoms with E-state index in [1.807, 2.05) is 6.92 Å². The van der Waals surface area contributed by atoms with Gasteiger partial charge in [-0.2, -0.15) is 5.10 Å². The van der Waals surface area contributed by atoms with Gasteiger partial charge < -0.3 is 10.4 Å². The molecule has 0 radical (unpaired) electrons. The number of aryl methyl sites for hydroxylation is 2. The van der Waals surface area contributed by atoms with Crippen LogP contribution in [0.2, 0.25) is 0 Å². The smallest absolute Gasteiger partial charge is 0.329 e. The molecule has 104 valence electrons. The topological polar surface area (TPSA) is 84.2 Å². The van der Waals surface area contributed by atoms with Gasteiger partial charge in [-0.25, -0.2) is 4.79 Å². The second-order valence-electron chi connectivity index (χ2n) is 5.05. The van der Waals surface area contributed by atoms with E-state index < -0.39 is 11.5 Å². The number of aromatic nitrogens is 2. The number of hydrogen-bond acceptors (Lipinski definition) is 3. The van der Waals surface area contributed by atoms with Crippen LogP contribution in [0.25, 0.3) is 0 Å². The fourth-order valence-corrected chi connectivity index (χ4v) is 2.56. The fourth-order valence-electron chi connectivity index (χ4n) is 2.56. The summed E-state index contributed by atoms with van der Waals surface area (Å²) < 4.78 is 1.50. The number of hydrogen-bond donors (Lipinski definition) is 2. The van der Waals surface area contributed by atoms with Gasteiger partial charge in [-0.3, -0.25) is 9.48 Å². The van der Waals surface area contributed by atoms with Gasteiger partial charge in [0.15, 0.2) is 0 Å². The molecule has 1 saturated carbocycles. The van der Waals surface area contributed by atoms with Crippen LogP contribution < -0.4 is 5.32 Å². The summed E-state index contributed by atoms with van der Waals surface area (Å²) in [7, 11) is 1.69. The minimum Gasteiger partial charge on any atom is -0.480 e. The highest BCUT2D eigenvalue weighted by Crippen LogP contribution is 2.30. The first kappa shape index (κ1) is 13.6. The fraction of sp³-hybridized carbons (Fsp3) is 0.615. The third kappa shape index (κ3) is 2.47. The number of amides is 1. The number of nitrogens with one attached hydrogen (secondary N) is 1. The van der Waals surface area contributed by atoms with E-state index in [-0.39, 0.29) is 5.91 Å². The van der Waals surface area contributed by atoms with Crippen molar-refractivity contribution in [2.45, 2.75) is 44.6 Å². The van der Waals surface area contributed by atoms with E-state index in [4.69, 9.17) is 0 Å². The molecule has 6 nitrogen and oxygen atoms in total. The summed E-state index contributed by atoms with van der Waals surface area (Å²) in [6.07, 6.45) is 3.39. The predicted octanol–water partition coefficient (Wildman–Crippen LogP) is 1.11. The normalized spacial score (nSPS) is 17.4. The number of carboxylic acid groups (broad SMARTS) is 1. The van der Waals surface area contributed by atoms with Crippen LogP contribution in [0.1, 0.15) is 48.8 Å². The minimum absolute atomic E-state index is 0.362. The molecule has 2 rings (SSSR count). The molecule has 0 aromatic carbocycles. The summed E-state index contributed by atoms with van der Waals surface area (Å²) in [5.74, 6) is -1.31. The van der Waals surface area contributed by atoms with Crippen LogP contribution in [0.5, 0.6) is 0 Å². The maximum Gasteiger partial charge on any atom is 0.329 e. The molecule has 1 aliphatic rings. The molecule has 1 aromatic heterocycles. The molecule has 1 heterocycles. The lowest BCUT2D eigenvalue weighted by atomic mass is 9.97. The zero-order valence-electron chi connectivity index (χ0n) is 11.3. The summed E-state index contributed by atoms with van der Waals surface area (Å²) in [6, 6.07) is 1.71. The number of carbonyl (C=O) groups excluding carboxylic acids is 1. The SMILES string of the molecule is CCc1cc(C(=O)NC2(C(=O)O)CCCC2)n(C)n1. The Hall–Kier alpha value is -1.85. The van der Waals surface area contributed by atoms with Crippen LogP contribution in [-0.2, 0) is 18.3 Å².